The monoisotopic (exact) mass is 804 g/mol. The normalized spacial score (nSPS) is 25.5. The molecule has 2 amide bonds. The SMILES string of the molecule is COC[C@H]1CN(C(=O)[C@]2(F)CN(C3CCN(C(=O)OC(C)(C)C)CC3)C[C@H]2c2ccc(OC)cc2)C[C@@H]1c1ccc(C(F)(F)F)cc1N1CCC(C(=O)OC)CC1. The number of benzene rings is 2. The zero-order valence-electron chi connectivity index (χ0n) is 33.8. The summed E-state index contributed by atoms with van der Waals surface area (Å²) in [7, 11) is 4.40. The first kappa shape index (κ1) is 42.5. The number of hydrogen-bond donors (Lipinski definition) is 0. The summed E-state index contributed by atoms with van der Waals surface area (Å²) in [6.45, 7) is 7.66. The fraction of sp³-hybridized carbons (Fsp3) is 0.643. The molecule has 57 heavy (non-hydrogen) atoms. The van der Waals surface area contributed by atoms with Gasteiger partial charge in [0.25, 0.3) is 5.91 Å². The Bertz CT molecular complexity index is 1740. The smallest absolute Gasteiger partial charge is 0.416 e. The van der Waals surface area contributed by atoms with Crippen LogP contribution in [-0.4, -0.2) is 130 Å². The molecule has 4 aliphatic heterocycles. The third kappa shape index (κ3) is 9.29. The van der Waals surface area contributed by atoms with E-state index < -0.39 is 40.8 Å². The number of nitrogens with zero attached hydrogens (tertiary/aromatic N) is 4. The number of ether oxygens (including phenoxy) is 4. The largest absolute Gasteiger partial charge is 0.497 e. The van der Waals surface area contributed by atoms with Crippen LogP contribution < -0.4 is 9.64 Å². The number of piperidine rings is 2. The molecule has 0 unspecified atom stereocenters. The molecule has 4 heterocycles. The van der Waals surface area contributed by atoms with Crippen LogP contribution in [-0.2, 0) is 30.0 Å². The van der Waals surface area contributed by atoms with E-state index >= 15 is 4.39 Å². The highest BCUT2D eigenvalue weighted by atomic mass is 19.4. The summed E-state index contributed by atoms with van der Waals surface area (Å²) in [6, 6.07) is 10.7. The van der Waals surface area contributed by atoms with Crippen LogP contribution >= 0.6 is 0 Å². The molecule has 0 saturated carbocycles. The Hall–Kier alpha value is -4.11. The molecule has 0 radical (unpaired) electrons. The number of alkyl halides is 4. The van der Waals surface area contributed by atoms with Gasteiger partial charge in [0.15, 0.2) is 0 Å². The number of halogens is 4. The van der Waals surface area contributed by atoms with Crippen LogP contribution in [0.2, 0.25) is 0 Å². The van der Waals surface area contributed by atoms with Crippen LogP contribution in [0, 0.1) is 11.8 Å². The van der Waals surface area contributed by atoms with Crippen molar-refractivity contribution in [3.05, 3.63) is 59.2 Å². The first-order chi connectivity index (χ1) is 26.9. The quantitative estimate of drug-likeness (QED) is 0.208. The Morgan fingerprint density at radius 1 is 0.842 bits per heavy atom. The van der Waals surface area contributed by atoms with E-state index in [1.165, 1.54) is 25.2 Å². The van der Waals surface area contributed by atoms with Crippen molar-refractivity contribution in [2.75, 3.05) is 85.2 Å². The highest BCUT2D eigenvalue weighted by Crippen LogP contribution is 2.47. The van der Waals surface area contributed by atoms with Gasteiger partial charge in [-0.1, -0.05) is 18.2 Å². The van der Waals surface area contributed by atoms with Crippen molar-refractivity contribution in [3.63, 3.8) is 0 Å². The summed E-state index contributed by atoms with van der Waals surface area (Å²) < 4.78 is 81.8. The lowest BCUT2D eigenvalue weighted by molar-refractivity contribution is -0.146. The molecule has 2 aromatic carbocycles. The zero-order chi connectivity index (χ0) is 41.3. The molecule has 4 atom stereocenters. The number of anilines is 1. The second-order valence-electron chi connectivity index (χ2n) is 16.9. The maximum atomic E-state index is 18.1. The third-order valence-electron chi connectivity index (χ3n) is 12.1. The zero-order valence-corrected chi connectivity index (χ0v) is 33.8. The van der Waals surface area contributed by atoms with Crippen LogP contribution in [0.15, 0.2) is 42.5 Å². The minimum Gasteiger partial charge on any atom is -0.497 e. The maximum absolute atomic E-state index is 18.1. The Morgan fingerprint density at radius 3 is 2.09 bits per heavy atom. The van der Waals surface area contributed by atoms with Gasteiger partial charge in [-0.25, -0.2) is 9.18 Å². The molecular formula is C42H56F4N4O7. The van der Waals surface area contributed by atoms with Crippen LogP contribution in [0.4, 0.5) is 28.0 Å². The van der Waals surface area contributed by atoms with Gasteiger partial charge in [-0.3, -0.25) is 14.5 Å². The van der Waals surface area contributed by atoms with Crippen molar-refractivity contribution in [1.82, 2.24) is 14.7 Å². The number of esters is 1. The Kier molecular flexibility index (Phi) is 12.7. The van der Waals surface area contributed by atoms with Crippen LogP contribution in [0.3, 0.4) is 0 Å². The number of hydrogen-bond acceptors (Lipinski definition) is 9. The van der Waals surface area contributed by atoms with E-state index in [9.17, 15) is 27.6 Å². The first-order valence-corrected chi connectivity index (χ1v) is 19.8. The standard InChI is InChI=1S/C42H56F4N4O7/c1-40(2,3)57-39(53)48-19-15-31(16-20-48)50-24-35(27-7-10-32(55-5)11-8-27)41(43,26-50)38(52)49-22-29(25-54-4)34(23-49)33-12-9-30(42(44,45)46)21-36(33)47-17-13-28(14-18-47)37(51)56-6/h7-12,21,28-29,31,34-35H,13-20,22-26H2,1-6H3/t29-,34+,35+,41+/m1/s1. The number of carbonyl (C=O) groups is 3. The van der Waals surface area contributed by atoms with E-state index in [2.05, 4.69) is 0 Å². The van der Waals surface area contributed by atoms with Gasteiger partial charge in [-0.15, -0.1) is 0 Å². The molecule has 0 aromatic heterocycles. The molecule has 6 rings (SSSR count). The molecular weight excluding hydrogens is 748 g/mol. The van der Waals surface area contributed by atoms with Gasteiger partial charge in [-0.05, 0) is 81.8 Å². The molecule has 2 aromatic rings. The van der Waals surface area contributed by atoms with Crippen molar-refractivity contribution < 1.29 is 50.9 Å². The predicted octanol–water partition coefficient (Wildman–Crippen LogP) is 6.50. The molecule has 4 saturated heterocycles. The van der Waals surface area contributed by atoms with Crippen molar-refractivity contribution in [2.45, 2.75) is 81.8 Å². The van der Waals surface area contributed by atoms with E-state index in [4.69, 9.17) is 18.9 Å². The van der Waals surface area contributed by atoms with Crippen molar-refractivity contribution in [1.29, 1.82) is 0 Å². The van der Waals surface area contributed by atoms with Gasteiger partial charge in [0.05, 0.1) is 32.3 Å². The van der Waals surface area contributed by atoms with E-state index in [-0.39, 0.29) is 62.7 Å². The lowest BCUT2D eigenvalue weighted by atomic mass is 9.85. The van der Waals surface area contributed by atoms with Crippen molar-refractivity contribution in [3.8, 4) is 5.75 Å². The number of methoxy groups -OCH3 is 3. The minimum atomic E-state index is -4.58. The highest BCUT2D eigenvalue weighted by molar-refractivity contribution is 5.88. The third-order valence-corrected chi connectivity index (χ3v) is 12.1. The maximum Gasteiger partial charge on any atom is 0.416 e. The van der Waals surface area contributed by atoms with Crippen LogP contribution in [0.5, 0.6) is 5.75 Å². The summed E-state index contributed by atoms with van der Waals surface area (Å²) in [5.41, 5.74) is -2.06. The molecule has 314 valence electrons. The van der Waals surface area contributed by atoms with Gasteiger partial charge in [0.2, 0.25) is 5.67 Å². The van der Waals surface area contributed by atoms with Crippen LogP contribution in [0.1, 0.15) is 75.0 Å². The average molecular weight is 805 g/mol. The second kappa shape index (κ2) is 17.0. The Morgan fingerprint density at radius 2 is 1.51 bits per heavy atom. The number of rotatable bonds is 9. The van der Waals surface area contributed by atoms with Crippen LogP contribution in [0.25, 0.3) is 0 Å². The molecule has 11 nitrogen and oxygen atoms in total. The summed E-state index contributed by atoms with van der Waals surface area (Å²) >= 11 is 0. The first-order valence-electron chi connectivity index (χ1n) is 19.8. The Balaban J connectivity index is 1.27. The van der Waals surface area contributed by atoms with Gasteiger partial charge in [-0.2, -0.15) is 13.2 Å². The van der Waals surface area contributed by atoms with Gasteiger partial charge in [0.1, 0.15) is 11.4 Å². The van der Waals surface area contributed by atoms with Gasteiger partial charge in [0, 0.05) is 89.0 Å². The molecule has 0 N–H and O–H groups in total. The number of likely N-dealkylation sites (tertiary alicyclic amines) is 3. The summed E-state index contributed by atoms with van der Waals surface area (Å²) in [5.74, 6) is -2.31. The van der Waals surface area contributed by atoms with E-state index in [1.54, 1.807) is 36.3 Å². The second-order valence-corrected chi connectivity index (χ2v) is 16.9. The van der Waals surface area contributed by atoms with Crippen molar-refractivity contribution in [2.24, 2.45) is 11.8 Å². The fourth-order valence-corrected chi connectivity index (χ4v) is 9.16. The van der Waals surface area contributed by atoms with Crippen molar-refractivity contribution >= 4 is 23.7 Å². The molecule has 0 aliphatic carbocycles. The lowest BCUT2D eigenvalue weighted by Crippen LogP contribution is -2.51. The molecule has 4 aliphatic rings. The molecule has 4 fully saturated rings. The highest BCUT2D eigenvalue weighted by Gasteiger charge is 2.57. The molecule has 0 spiro atoms. The fourth-order valence-electron chi connectivity index (χ4n) is 9.16. The topological polar surface area (TPSA) is 101 Å². The van der Waals surface area contributed by atoms with E-state index in [0.717, 1.165) is 12.1 Å². The molecule has 15 heteroatoms. The summed E-state index contributed by atoms with van der Waals surface area (Å²) in [5, 5.41) is 0. The Labute approximate surface area is 332 Å². The van der Waals surface area contributed by atoms with Gasteiger partial charge < -0.3 is 33.6 Å². The minimum absolute atomic E-state index is 0.0690. The predicted molar refractivity (Wildman–Crippen MR) is 205 cm³/mol. The lowest BCUT2D eigenvalue weighted by Gasteiger charge is -2.37. The van der Waals surface area contributed by atoms with E-state index in [1.807, 2.05) is 30.6 Å². The average Bonchev–Trinajstić information content (AvgIpc) is 3.78. The van der Waals surface area contributed by atoms with E-state index in [0.29, 0.717) is 74.4 Å². The molecule has 0 bridgehead atoms. The summed E-state index contributed by atoms with van der Waals surface area (Å²) in [4.78, 5) is 46.9. The summed E-state index contributed by atoms with van der Waals surface area (Å²) in [6.07, 6.45) is -2.94. The number of carbonyl (C=O) groups excluding carboxylic acids is 3. The van der Waals surface area contributed by atoms with Gasteiger partial charge >= 0.3 is 18.2 Å². The number of amides is 2.